The van der Waals surface area contributed by atoms with E-state index in [0.717, 1.165) is 10.9 Å². The molecular weight excluding hydrogens is 270 g/mol. The van der Waals surface area contributed by atoms with E-state index in [2.05, 4.69) is 10.3 Å². The van der Waals surface area contributed by atoms with E-state index < -0.39 is 12.0 Å². The molecule has 0 saturated carbocycles. The molecule has 1 aromatic carbocycles. The predicted molar refractivity (Wildman–Crippen MR) is 80.2 cm³/mol. The highest BCUT2D eigenvalue weighted by Gasteiger charge is 2.20. The van der Waals surface area contributed by atoms with Crippen molar-refractivity contribution in [1.29, 1.82) is 0 Å². The van der Waals surface area contributed by atoms with Crippen LogP contribution in [0, 0.1) is 0 Å². The van der Waals surface area contributed by atoms with Crippen molar-refractivity contribution in [1.82, 2.24) is 9.88 Å². The van der Waals surface area contributed by atoms with Crippen LogP contribution in [-0.4, -0.2) is 39.6 Å². The normalized spacial score (nSPS) is 10.6. The molecule has 2 aromatic rings. The van der Waals surface area contributed by atoms with Gasteiger partial charge in [0.15, 0.2) is 0 Å². The van der Waals surface area contributed by atoms with Gasteiger partial charge in [0.05, 0.1) is 11.2 Å². The Labute approximate surface area is 122 Å². The van der Waals surface area contributed by atoms with E-state index in [0.29, 0.717) is 5.69 Å². The fraction of sp³-hybridized carbons (Fsp3) is 0.267. The molecule has 0 aliphatic heterocycles. The second kappa shape index (κ2) is 6.21. The van der Waals surface area contributed by atoms with E-state index in [1.54, 1.807) is 38.2 Å². The molecule has 0 atom stereocenters. The maximum Gasteiger partial charge on any atom is 0.323 e. The number of aliphatic carboxylic acids is 1. The minimum absolute atomic E-state index is 0.214. The molecule has 2 rings (SSSR count). The fourth-order valence-electron chi connectivity index (χ4n) is 2.03. The number of carbonyl (C=O) groups excluding carboxylic acids is 1. The van der Waals surface area contributed by atoms with Crippen molar-refractivity contribution >= 4 is 28.6 Å². The molecule has 21 heavy (non-hydrogen) atoms. The monoisotopic (exact) mass is 287 g/mol. The molecule has 0 saturated heterocycles. The lowest BCUT2D eigenvalue weighted by Crippen LogP contribution is -2.43. The number of amides is 2. The Kier molecular flexibility index (Phi) is 4.37. The quantitative estimate of drug-likeness (QED) is 0.905. The molecule has 2 amide bonds. The summed E-state index contributed by atoms with van der Waals surface area (Å²) in [6.07, 6.45) is 1.68. The summed E-state index contributed by atoms with van der Waals surface area (Å²) < 4.78 is 0. The van der Waals surface area contributed by atoms with E-state index in [-0.39, 0.29) is 12.6 Å². The van der Waals surface area contributed by atoms with Gasteiger partial charge in [-0.25, -0.2) is 4.79 Å². The van der Waals surface area contributed by atoms with Crippen molar-refractivity contribution in [3.05, 3.63) is 36.5 Å². The van der Waals surface area contributed by atoms with Crippen LogP contribution in [0.2, 0.25) is 0 Å². The van der Waals surface area contributed by atoms with Gasteiger partial charge in [-0.3, -0.25) is 9.78 Å². The number of rotatable bonds is 4. The van der Waals surface area contributed by atoms with Crippen molar-refractivity contribution < 1.29 is 14.7 Å². The molecule has 0 spiro atoms. The van der Waals surface area contributed by atoms with Crippen molar-refractivity contribution in [2.45, 2.75) is 19.9 Å². The third-order valence-corrected chi connectivity index (χ3v) is 3.08. The molecule has 0 bridgehead atoms. The van der Waals surface area contributed by atoms with E-state index in [1.165, 1.54) is 4.90 Å². The van der Waals surface area contributed by atoms with Crippen molar-refractivity contribution in [2.24, 2.45) is 0 Å². The number of fused-ring (bicyclic) bond motifs is 1. The van der Waals surface area contributed by atoms with Crippen molar-refractivity contribution in [2.75, 3.05) is 11.9 Å². The van der Waals surface area contributed by atoms with Crippen LogP contribution < -0.4 is 5.32 Å². The van der Waals surface area contributed by atoms with Gasteiger partial charge in [-0.1, -0.05) is 6.07 Å². The number of aromatic nitrogens is 1. The van der Waals surface area contributed by atoms with Gasteiger partial charge in [0.25, 0.3) is 0 Å². The number of nitrogens with one attached hydrogen (secondary N) is 1. The van der Waals surface area contributed by atoms with Crippen LogP contribution >= 0.6 is 0 Å². The summed E-state index contributed by atoms with van der Waals surface area (Å²) >= 11 is 0. The largest absolute Gasteiger partial charge is 0.480 e. The highest BCUT2D eigenvalue weighted by Crippen LogP contribution is 2.21. The molecule has 110 valence electrons. The van der Waals surface area contributed by atoms with Crippen LogP contribution in [0.1, 0.15) is 13.8 Å². The van der Waals surface area contributed by atoms with Gasteiger partial charge >= 0.3 is 12.0 Å². The Morgan fingerprint density at radius 1 is 1.29 bits per heavy atom. The zero-order valence-electron chi connectivity index (χ0n) is 11.9. The summed E-state index contributed by atoms with van der Waals surface area (Å²) in [5.41, 5.74) is 1.38. The minimum atomic E-state index is -1.04. The number of carboxylic acids is 1. The molecule has 0 aliphatic carbocycles. The molecule has 1 heterocycles. The van der Waals surface area contributed by atoms with E-state index >= 15 is 0 Å². The first kappa shape index (κ1) is 14.8. The van der Waals surface area contributed by atoms with Crippen LogP contribution in [-0.2, 0) is 4.79 Å². The Hall–Kier alpha value is -2.63. The predicted octanol–water partition coefficient (Wildman–Crippen LogP) is 2.56. The van der Waals surface area contributed by atoms with Crippen LogP contribution in [0.4, 0.5) is 10.5 Å². The van der Waals surface area contributed by atoms with Gasteiger partial charge in [-0.2, -0.15) is 0 Å². The maximum absolute atomic E-state index is 12.3. The Morgan fingerprint density at radius 3 is 2.71 bits per heavy atom. The number of benzene rings is 1. The number of carboxylic acid groups (broad SMARTS) is 1. The molecule has 0 aliphatic rings. The number of anilines is 1. The van der Waals surface area contributed by atoms with Crippen LogP contribution in [0.25, 0.3) is 10.9 Å². The lowest BCUT2D eigenvalue weighted by molar-refractivity contribution is -0.137. The molecular formula is C15H17N3O3. The summed E-state index contributed by atoms with van der Waals surface area (Å²) in [5, 5.41) is 12.5. The molecule has 6 heteroatoms. The minimum Gasteiger partial charge on any atom is -0.480 e. The number of nitrogens with zero attached hydrogens (tertiary/aromatic N) is 2. The van der Waals surface area contributed by atoms with E-state index in [9.17, 15) is 9.59 Å². The summed E-state index contributed by atoms with van der Waals surface area (Å²) in [4.78, 5) is 28.6. The molecule has 0 fully saturated rings. The average Bonchev–Trinajstić information content (AvgIpc) is 2.44. The Morgan fingerprint density at radius 2 is 2.05 bits per heavy atom. The highest BCUT2D eigenvalue weighted by molar-refractivity contribution is 6.00. The topological polar surface area (TPSA) is 82.5 Å². The zero-order valence-corrected chi connectivity index (χ0v) is 11.9. The second-order valence-electron chi connectivity index (χ2n) is 4.92. The first-order chi connectivity index (χ1) is 9.99. The Bertz CT molecular complexity index is 665. The third-order valence-electron chi connectivity index (χ3n) is 3.08. The first-order valence-electron chi connectivity index (χ1n) is 6.62. The lowest BCUT2D eigenvalue weighted by Gasteiger charge is -2.25. The average molecular weight is 287 g/mol. The number of hydrogen-bond acceptors (Lipinski definition) is 3. The molecule has 6 nitrogen and oxygen atoms in total. The van der Waals surface area contributed by atoms with Gasteiger partial charge < -0.3 is 15.3 Å². The van der Waals surface area contributed by atoms with Gasteiger partial charge in [-0.15, -0.1) is 0 Å². The second-order valence-corrected chi connectivity index (χ2v) is 4.92. The summed E-state index contributed by atoms with van der Waals surface area (Å²) in [5.74, 6) is -1.04. The smallest absolute Gasteiger partial charge is 0.323 e. The number of carbonyl (C=O) groups is 2. The fourth-order valence-corrected chi connectivity index (χ4v) is 2.03. The summed E-state index contributed by atoms with van der Waals surface area (Å²) in [6.45, 7) is 3.20. The van der Waals surface area contributed by atoms with Gasteiger partial charge in [0, 0.05) is 17.6 Å². The third kappa shape index (κ3) is 3.47. The molecule has 2 N–H and O–H groups in total. The van der Waals surface area contributed by atoms with E-state index in [4.69, 9.17) is 5.11 Å². The van der Waals surface area contributed by atoms with Gasteiger partial charge in [0.1, 0.15) is 6.54 Å². The lowest BCUT2D eigenvalue weighted by atomic mass is 10.2. The molecule has 0 radical (unpaired) electrons. The van der Waals surface area contributed by atoms with Gasteiger partial charge in [-0.05, 0) is 38.1 Å². The van der Waals surface area contributed by atoms with Gasteiger partial charge in [0.2, 0.25) is 0 Å². The van der Waals surface area contributed by atoms with Crippen molar-refractivity contribution in [3.8, 4) is 0 Å². The standard InChI is InChI=1S/C15H17N3O3/c1-10(2)18(9-14(19)20)15(21)17-13-7-3-6-12-11(13)5-4-8-16-12/h3-8,10H,9H2,1-2H3,(H,17,21)(H,19,20). The SMILES string of the molecule is CC(C)N(CC(=O)O)C(=O)Nc1cccc2ncccc12. The number of hydrogen-bond donors (Lipinski definition) is 2. The van der Waals surface area contributed by atoms with Crippen LogP contribution in [0.15, 0.2) is 36.5 Å². The molecule has 1 aromatic heterocycles. The summed E-state index contributed by atoms with van der Waals surface area (Å²) in [7, 11) is 0. The van der Waals surface area contributed by atoms with E-state index in [1.807, 2.05) is 12.1 Å². The first-order valence-corrected chi connectivity index (χ1v) is 6.62. The Balaban J connectivity index is 2.26. The molecule has 0 unspecified atom stereocenters. The number of urea groups is 1. The maximum atomic E-state index is 12.3. The highest BCUT2D eigenvalue weighted by atomic mass is 16.4. The van der Waals surface area contributed by atoms with Crippen LogP contribution in [0.5, 0.6) is 0 Å². The summed E-state index contributed by atoms with van der Waals surface area (Å²) in [6, 6.07) is 8.40. The zero-order chi connectivity index (χ0) is 15.4. The van der Waals surface area contributed by atoms with Crippen molar-refractivity contribution in [3.63, 3.8) is 0 Å². The van der Waals surface area contributed by atoms with Crippen LogP contribution in [0.3, 0.4) is 0 Å². The number of pyridine rings is 1.